The normalized spacial score (nSPS) is 15.0. The lowest BCUT2D eigenvalue weighted by Gasteiger charge is -2.27. The van der Waals surface area contributed by atoms with Crippen LogP contribution in [0.15, 0.2) is 58.2 Å². The van der Waals surface area contributed by atoms with E-state index < -0.39 is 15.2 Å². The van der Waals surface area contributed by atoms with Crippen molar-refractivity contribution >= 4 is 10.1 Å². The van der Waals surface area contributed by atoms with Gasteiger partial charge in [0.2, 0.25) is 5.09 Å². The number of fused-ring (bicyclic) bond motifs is 1. The Balaban J connectivity index is 1.49. The molecule has 26 heavy (non-hydrogen) atoms. The lowest BCUT2D eigenvalue weighted by Crippen LogP contribution is -2.30. The van der Waals surface area contributed by atoms with Crippen LogP contribution in [-0.2, 0) is 29.6 Å². The minimum atomic E-state index is -4.31. The summed E-state index contributed by atoms with van der Waals surface area (Å²) in [5.74, 6) is 1.21. The number of nitrogens with zero attached hydrogens (tertiary/aromatic N) is 3. The van der Waals surface area contributed by atoms with Gasteiger partial charge < -0.3 is 4.42 Å². The summed E-state index contributed by atoms with van der Waals surface area (Å²) in [5, 5.41) is -0.430. The number of hydrogen-bond acceptors (Lipinski definition) is 6. The second kappa shape index (κ2) is 6.64. The third-order valence-corrected chi connectivity index (χ3v) is 5.04. The third-order valence-electron chi connectivity index (χ3n) is 4.32. The monoisotopic (exact) mass is 371 g/mol. The molecule has 0 atom stereocenters. The molecule has 4 rings (SSSR count). The standard InChI is InChI=1S/C18H17N3O4S/c22-26(23,24)17-7-6-15(25-17)12-21-9-8-16-14(11-21)10-19-18(20-16)13-4-2-1-3-5-13/h1-7,10H,8-9,11-12H2,(H,22,23,24). The Morgan fingerprint density at radius 2 is 1.96 bits per heavy atom. The summed E-state index contributed by atoms with van der Waals surface area (Å²) < 4.78 is 36.4. The van der Waals surface area contributed by atoms with Crippen LogP contribution in [0.3, 0.4) is 0 Å². The maximum Gasteiger partial charge on any atom is 0.328 e. The van der Waals surface area contributed by atoms with E-state index in [2.05, 4.69) is 14.9 Å². The van der Waals surface area contributed by atoms with E-state index in [-0.39, 0.29) is 0 Å². The smallest absolute Gasteiger partial charge is 0.328 e. The molecule has 2 aromatic heterocycles. The summed E-state index contributed by atoms with van der Waals surface area (Å²) in [6, 6.07) is 12.7. The molecule has 0 saturated carbocycles. The fraction of sp³-hybridized carbons (Fsp3) is 0.222. The molecule has 1 aromatic carbocycles. The van der Waals surface area contributed by atoms with Crippen molar-refractivity contribution in [1.82, 2.24) is 14.9 Å². The molecule has 0 amide bonds. The molecule has 0 saturated heterocycles. The Labute approximate surface area is 151 Å². The van der Waals surface area contributed by atoms with Gasteiger partial charge in [-0.15, -0.1) is 0 Å². The molecule has 3 aromatic rings. The second-order valence-corrected chi connectivity index (χ2v) is 7.54. The molecule has 0 unspecified atom stereocenters. The first-order valence-electron chi connectivity index (χ1n) is 8.18. The molecular formula is C18H17N3O4S. The SMILES string of the molecule is O=S(=O)(O)c1ccc(CN2CCc3nc(-c4ccccc4)ncc3C2)o1. The van der Waals surface area contributed by atoms with Gasteiger partial charge >= 0.3 is 10.1 Å². The van der Waals surface area contributed by atoms with Crippen molar-refractivity contribution in [2.75, 3.05) is 6.54 Å². The summed E-state index contributed by atoms with van der Waals surface area (Å²) in [6.07, 6.45) is 2.63. The van der Waals surface area contributed by atoms with E-state index in [0.29, 0.717) is 18.8 Å². The largest absolute Gasteiger partial charge is 0.446 e. The first kappa shape index (κ1) is 16.9. The van der Waals surface area contributed by atoms with Gasteiger partial charge in [-0.3, -0.25) is 9.45 Å². The Morgan fingerprint density at radius 1 is 1.15 bits per heavy atom. The van der Waals surface area contributed by atoms with Crippen molar-refractivity contribution in [3.63, 3.8) is 0 Å². The van der Waals surface area contributed by atoms with E-state index in [4.69, 9.17) is 8.97 Å². The Morgan fingerprint density at radius 3 is 2.69 bits per heavy atom. The number of benzene rings is 1. The quantitative estimate of drug-likeness (QED) is 0.704. The first-order valence-corrected chi connectivity index (χ1v) is 9.62. The van der Waals surface area contributed by atoms with Gasteiger partial charge in [0, 0.05) is 36.8 Å². The van der Waals surface area contributed by atoms with Gasteiger partial charge in [-0.2, -0.15) is 8.42 Å². The van der Waals surface area contributed by atoms with Crippen LogP contribution in [0.1, 0.15) is 17.0 Å². The number of aromatic nitrogens is 2. The van der Waals surface area contributed by atoms with Gasteiger partial charge in [0.15, 0.2) is 5.82 Å². The Kier molecular flexibility index (Phi) is 4.31. The van der Waals surface area contributed by atoms with Gasteiger partial charge in [0.25, 0.3) is 0 Å². The fourth-order valence-corrected chi connectivity index (χ4v) is 3.49. The molecule has 0 radical (unpaired) electrons. The zero-order valence-corrected chi connectivity index (χ0v) is 14.7. The van der Waals surface area contributed by atoms with Crippen molar-refractivity contribution in [1.29, 1.82) is 0 Å². The van der Waals surface area contributed by atoms with Crippen molar-refractivity contribution < 1.29 is 17.4 Å². The molecule has 0 bridgehead atoms. The summed E-state index contributed by atoms with van der Waals surface area (Å²) in [7, 11) is -4.31. The van der Waals surface area contributed by atoms with E-state index in [1.807, 2.05) is 36.5 Å². The Hall–Kier alpha value is -2.55. The minimum absolute atomic E-state index is 0.430. The van der Waals surface area contributed by atoms with Gasteiger partial charge in [0.05, 0.1) is 12.2 Å². The average Bonchev–Trinajstić information content (AvgIpc) is 3.11. The molecule has 1 aliphatic rings. The first-order chi connectivity index (χ1) is 12.5. The lowest BCUT2D eigenvalue weighted by molar-refractivity contribution is 0.216. The summed E-state index contributed by atoms with van der Waals surface area (Å²) in [4.78, 5) is 11.3. The maximum atomic E-state index is 11.1. The predicted molar refractivity (Wildman–Crippen MR) is 93.8 cm³/mol. The molecule has 0 spiro atoms. The van der Waals surface area contributed by atoms with Crippen LogP contribution in [-0.4, -0.2) is 34.4 Å². The average molecular weight is 371 g/mol. The third kappa shape index (κ3) is 3.52. The summed E-state index contributed by atoms with van der Waals surface area (Å²) in [5.41, 5.74) is 3.08. The van der Waals surface area contributed by atoms with Crippen LogP contribution in [0.25, 0.3) is 11.4 Å². The molecule has 134 valence electrons. The molecule has 0 fully saturated rings. The lowest BCUT2D eigenvalue weighted by atomic mass is 10.1. The zero-order chi connectivity index (χ0) is 18.1. The molecule has 8 heteroatoms. The van der Waals surface area contributed by atoms with Crippen LogP contribution in [0.5, 0.6) is 0 Å². The highest BCUT2D eigenvalue weighted by Gasteiger charge is 2.21. The van der Waals surface area contributed by atoms with Crippen LogP contribution in [0, 0.1) is 0 Å². The highest BCUT2D eigenvalue weighted by Crippen LogP contribution is 2.23. The molecule has 7 nitrogen and oxygen atoms in total. The second-order valence-electron chi connectivity index (χ2n) is 6.19. The summed E-state index contributed by atoms with van der Waals surface area (Å²) in [6.45, 7) is 1.89. The molecule has 1 aliphatic heterocycles. The minimum Gasteiger partial charge on any atom is -0.446 e. The van der Waals surface area contributed by atoms with Crippen molar-refractivity contribution in [3.8, 4) is 11.4 Å². The van der Waals surface area contributed by atoms with Crippen molar-refractivity contribution in [2.45, 2.75) is 24.6 Å². The molecular weight excluding hydrogens is 354 g/mol. The van der Waals surface area contributed by atoms with Gasteiger partial charge in [-0.05, 0) is 12.1 Å². The molecule has 1 N–H and O–H groups in total. The van der Waals surface area contributed by atoms with Crippen LogP contribution in [0.2, 0.25) is 0 Å². The maximum absolute atomic E-state index is 11.1. The number of furan rings is 1. The van der Waals surface area contributed by atoms with E-state index in [0.717, 1.165) is 35.6 Å². The van der Waals surface area contributed by atoms with E-state index in [9.17, 15) is 8.42 Å². The Bertz CT molecular complexity index is 1030. The van der Waals surface area contributed by atoms with E-state index >= 15 is 0 Å². The number of rotatable bonds is 4. The van der Waals surface area contributed by atoms with Gasteiger partial charge in [-0.1, -0.05) is 30.3 Å². The fourth-order valence-electron chi connectivity index (χ4n) is 3.04. The van der Waals surface area contributed by atoms with Gasteiger partial charge in [0.1, 0.15) is 5.76 Å². The van der Waals surface area contributed by atoms with Crippen LogP contribution < -0.4 is 0 Å². The number of hydrogen-bond donors (Lipinski definition) is 1. The van der Waals surface area contributed by atoms with Crippen molar-refractivity contribution in [3.05, 3.63) is 65.7 Å². The molecule has 0 aliphatic carbocycles. The zero-order valence-electron chi connectivity index (χ0n) is 13.9. The highest BCUT2D eigenvalue weighted by atomic mass is 32.2. The topological polar surface area (TPSA) is 96.5 Å². The van der Waals surface area contributed by atoms with E-state index in [1.165, 1.54) is 6.07 Å². The van der Waals surface area contributed by atoms with E-state index in [1.54, 1.807) is 6.07 Å². The van der Waals surface area contributed by atoms with Gasteiger partial charge in [-0.25, -0.2) is 9.97 Å². The highest BCUT2D eigenvalue weighted by molar-refractivity contribution is 7.85. The predicted octanol–water partition coefficient (Wildman–Crippen LogP) is 2.54. The molecule has 3 heterocycles. The van der Waals surface area contributed by atoms with Crippen molar-refractivity contribution in [2.24, 2.45) is 0 Å². The summed E-state index contributed by atoms with van der Waals surface area (Å²) >= 11 is 0. The van der Waals surface area contributed by atoms with Crippen LogP contribution in [0.4, 0.5) is 0 Å². The van der Waals surface area contributed by atoms with Crippen LogP contribution >= 0.6 is 0 Å².